The number of benzene rings is 1. The van der Waals surface area contributed by atoms with Gasteiger partial charge in [0.1, 0.15) is 5.82 Å². The van der Waals surface area contributed by atoms with Gasteiger partial charge in [-0.3, -0.25) is 0 Å². The summed E-state index contributed by atoms with van der Waals surface area (Å²) in [5.41, 5.74) is 5.41. The highest BCUT2D eigenvalue weighted by molar-refractivity contribution is 5.79. The van der Waals surface area contributed by atoms with Gasteiger partial charge in [0.25, 0.3) is 0 Å². The molecule has 3 aromatic rings. The lowest BCUT2D eigenvalue weighted by Crippen LogP contribution is -2.10. The second-order valence-corrected chi connectivity index (χ2v) is 4.92. The molecule has 0 spiro atoms. The van der Waals surface area contributed by atoms with E-state index in [2.05, 4.69) is 45.4 Å². The number of rotatable bonds is 4. The molecular formula is C16H18N4. The first-order chi connectivity index (χ1) is 9.79. The van der Waals surface area contributed by atoms with Crippen molar-refractivity contribution in [2.75, 3.05) is 13.6 Å². The van der Waals surface area contributed by atoms with Crippen LogP contribution in [0.2, 0.25) is 0 Å². The molecule has 2 heterocycles. The van der Waals surface area contributed by atoms with Crippen LogP contribution in [-0.4, -0.2) is 28.5 Å². The lowest BCUT2D eigenvalue weighted by atomic mass is 10.0. The van der Waals surface area contributed by atoms with E-state index in [0.29, 0.717) is 0 Å². The number of likely N-dealkylation sites (N-methyl/N-ethyl adjacent to an activating group) is 1. The fourth-order valence-corrected chi connectivity index (χ4v) is 2.39. The Morgan fingerprint density at radius 3 is 2.85 bits per heavy atom. The number of pyridine rings is 1. The molecule has 2 aromatic heterocycles. The first kappa shape index (κ1) is 12.8. The van der Waals surface area contributed by atoms with Crippen molar-refractivity contribution in [2.45, 2.75) is 13.3 Å². The van der Waals surface area contributed by atoms with Gasteiger partial charge in [-0.25, -0.2) is 9.97 Å². The summed E-state index contributed by atoms with van der Waals surface area (Å²) in [7, 11) is 1.97. The summed E-state index contributed by atoms with van der Waals surface area (Å²) in [6.45, 7) is 3.02. The maximum absolute atomic E-state index is 4.63. The van der Waals surface area contributed by atoms with E-state index in [0.717, 1.165) is 35.5 Å². The van der Waals surface area contributed by atoms with Crippen LogP contribution in [0.5, 0.6) is 0 Å². The fraction of sp³-hybridized carbons (Fsp3) is 0.250. The van der Waals surface area contributed by atoms with Gasteiger partial charge >= 0.3 is 0 Å². The predicted octanol–water partition coefficient (Wildman–Crippen LogP) is 2.70. The molecule has 0 radical (unpaired) electrons. The first-order valence-electron chi connectivity index (χ1n) is 6.84. The van der Waals surface area contributed by atoms with Crippen LogP contribution in [0, 0.1) is 6.92 Å². The number of H-pyrrole nitrogens is 1. The number of fused-ring (bicyclic) bond motifs is 1. The van der Waals surface area contributed by atoms with Crippen LogP contribution in [0.3, 0.4) is 0 Å². The summed E-state index contributed by atoms with van der Waals surface area (Å²) in [5.74, 6) is 0.897. The SMILES string of the molecule is CNCCc1ccccc1-c1nc2nccc(C)c2[nH]1. The molecule has 0 unspecified atom stereocenters. The zero-order valence-electron chi connectivity index (χ0n) is 11.8. The second-order valence-electron chi connectivity index (χ2n) is 4.92. The average molecular weight is 266 g/mol. The minimum absolute atomic E-state index is 0.781. The number of aryl methyl sites for hydroxylation is 1. The number of imidazole rings is 1. The quantitative estimate of drug-likeness (QED) is 0.763. The average Bonchev–Trinajstić information content (AvgIpc) is 2.91. The van der Waals surface area contributed by atoms with Crippen molar-refractivity contribution < 1.29 is 0 Å². The van der Waals surface area contributed by atoms with E-state index in [9.17, 15) is 0 Å². The van der Waals surface area contributed by atoms with E-state index < -0.39 is 0 Å². The highest BCUT2D eigenvalue weighted by Crippen LogP contribution is 2.24. The van der Waals surface area contributed by atoms with E-state index in [1.54, 1.807) is 6.20 Å². The fourth-order valence-electron chi connectivity index (χ4n) is 2.39. The minimum atomic E-state index is 0.781. The van der Waals surface area contributed by atoms with Crippen molar-refractivity contribution in [3.63, 3.8) is 0 Å². The van der Waals surface area contributed by atoms with Crippen molar-refractivity contribution in [3.05, 3.63) is 47.7 Å². The third-order valence-electron chi connectivity index (χ3n) is 3.52. The number of nitrogens with zero attached hydrogens (tertiary/aromatic N) is 2. The van der Waals surface area contributed by atoms with Gasteiger partial charge in [-0.1, -0.05) is 24.3 Å². The summed E-state index contributed by atoms with van der Waals surface area (Å²) >= 11 is 0. The lowest BCUT2D eigenvalue weighted by Gasteiger charge is -2.06. The monoisotopic (exact) mass is 266 g/mol. The number of hydrogen-bond acceptors (Lipinski definition) is 3. The Kier molecular flexibility index (Phi) is 3.48. The van der Waals surface area contributed by atoms with E-state index in [1.807, 2.05) is 19.2 Å². The van der Waals surface area contributed by atoms with Crippen LogP contribution in [0.15, 0.2) is 36.5 Å². The second kappa shape index (κ2) is 5.43. The molecule has 0 atom stereocenters. The molecule has 4 nitrogen and oxygen atoms in total. The summed E-state index contributed by atoms with van der Waals surface area (Å²) in [6, 6.07) is 10.4. The van der Waals surface area contributed by atoms with Crippen molar-refractivity contribution >= 4 is 11.2 Å². The molecule has 0 fully saturated rings. The van der Waals surface area contributed by atoms with Crippen LogP contribution < -0.4 is 5.32 Å². The van der Waals surface area contributed by atoms with Crippen LogP contribution in [0.1, 0.15) is 11.1 Å². The zero-order valence-corrected chi connectivity index (χ0v) is 11.8. The summed E-state index contributed by atoms with van der Waals surface area (Å²) in [5, 5.41) is 3.19. The standard InChI is InChI=1S/C16H18N4/c1-11-7-10-18-16-14(11)19-15(20-16)13-6-4-3-5-12(13)8-9-17-2/h3-7,10,17H,8-9H2,1-2H3,(H,18,19,20). The van der Waals surface area contributed by atoms with Crippen LogP contribution in [0.25, 0.3) is 22.6 Å². The Hall–Kier alpha value is -2.20. The highest BCUT2D eigenvalue weighted by atomic mass is 15.0. The Bertz CT molecular complexity index is 730. The molecule has 20 heavy (non-hydrogen) atoms. The third-order valence-corrected chi connectivity index (χ3v) is 3.52. The number of hydrogen-bond donors (Lipinski definition) is 2. The summed E-state index contributed by atoms with van der Waals surface area (Å²) in [6.07, 6.45) is 2.78. The van der Waals surface area contributed by atoms with Gasteiger partial charge in [0.15, 0.2) is 5.65 Å². The van der Waals surface area contributed by atoms with Gasteiger partial charge < -0.3 is 10.3 Å². The normalized spacial score (nSPS) is 11.1. The molecule has 1 aromatic carbocycles. The molecule has 0 aliphatic rings. The minimum Gasteiger partial charge on any atom is -0.336 e. The smallest absolute Gasteiger partial charge is 0.178 e. The van der Waals surface area contributed by atoms with Gasteiger partial charge in [0.2, 0.25) is 0 Å². The molecule has 0 amide bonds. The van der Waals surface area contributed by atoms with E-state index in [1.165, 1.54) is 11.1 Å². The molecule has 0 saturated heterocycles. The summed E-state index contributed by atoms with van der Waals surface area (Å²) < 4.78 is 0. The Labute approximate surface area is 118 Å². The number of aromatic nitrogens is 3. The number of aromatic amines is 1. The molecular weight excluding hydrogens is 248 g/mol. The van der Waals surface area contributed by atoms with E-state index >= 15 is 0 Å². The lowest BCUT2D eigenvalue weighted by molar-refractivity contribution is 0.792. The molecule has 0 aliphatic heterocycles. The Morgan fingerprint density at radius 1 is 1.20 bits per heavy atom. The van der Waals surface area contributed by atoms with Gasteiger partial charge in [-0.15, -0.1) is 0 Å². The largest absolute Gasteiger partial charge is 0.336 e. The summed E-state index contributed by atoms with van der Waals surface area (Å²) in [4.78, 5) is 12.4. The van der Waals surface area contributed by atoms with Gasteiger partial charge in [-0.2, -0.15) is 0 Å². The van der Waals surface area contributed by atoms with Gasteiger partial charge in [0.05, 0.1) is 5.52 Å². The molecule has 0 aliphatic carbocycles. The zero-order chi connectivity index (χ0) is 13.9. The van der Waals surface area contributed by atoms with E-state index in [-0.39, 0.29) is 0 Å². The Morgan fingerprint density at radius 2 is 2.05 bits per heavy atom. The van der Waals surface area contributed by atoms with Crippen LogP contribution in [-0.2, 0) is 6.42 Å². The number of nitrogens with one attached hydrogen (secondary N) is 2. The van der Waals surface area contributed by atoms with Crippen LogP contribution >= 0.6 is 0 Å². The maximum Gasteiger partial charge on any atom is 0.178 e. The third kappa shape index (κ3) is 2.30. The van der Waals surface area contributed by atoms with Crippen LogP contribution in [0.4, 0.5) is 0 Å². The van der Waals surface area contributed by atoms with Crippen molar-refractivity contribution in [1.29, 1.82) is 0 Å². The molecule has 3 rings (SSSR count). The van der Waals surface area contributed by atoms with Crippen molar-refractivity contribution in [1.82, 2.24) is 20.3 Å². The molecule has 2 N–H and O–H groups in total. The van der Waals surface area contributed by atoms with Gasteiger partial charge in [0, 0.05) is 11.8 Å². The maximum atomic E-state index is 4.63. The molecule has 102 valence electrons. The molecule has 0 saturated carbocycles. The molecule has 4 heteroatoms. The topological polar surface area (TPSA) is 53.6 Å². The van der Waals surface area contributed by atoms with Crippen molar-refractivity contribution in [3.8, 4) is 11.4 Å². The molecule has 0 bridgehead atoms. The van der Waals surface area contributed by atoms with Crippen molar-refractivity contribution in [2.24, 2.45) is 0 Å². The van der Waals surface area contributed by atoms with E-state index in [4.69, 9.17) is 0 Å². The Balaban J connectivity index is 2.08. The predicted molar refractivity (Wildman–Crippen MR) is 81.7 cm³/mol. The highest BCUT2D eigenvalue weighted by Gasteiger charge is 2.10. The van der Waals surface area contributed by atoms with Gasteiger partial charge in [-0.05, 0) is 44.1 Å². The first-order valence-corrected chi connectivity index (χ1v) is 6.84.